The Bertz CT molecular complexity index is 751. The third-order valence-electron chi connectivity index (χ3n) is 3.21. The zero-order valence-corrected chi connectivity index (χ0v) is 14.2. The Balaban J connectivity index is 1.91. The van der Waals surface area contributed by atoms with E-state index in [4.69, 9.17) is 13.7 Å². The van der Waals surface area contributed by atoms with Gasteiger partial charge in [0.15, 0.2) is 11.5 Å². The van der Waals surface area contributed by atoms with Gasteiger partial charge in [-0.2, -0.15) is 8.42 Å². The molecule has 0 fully saturated rings. The van der Waals surface area contributed by atoms with Gasteiger partial charge < -0.3 is 9.47 Å². The Morgan fingerprint density at radius 2 is 1.52 bits per heavy atom. The molecule has 0 aromatic heterocycles. The van der Waals surface area contributed by atoms with Gasteiger partial charge in [0.05, 0.1) is 12.0 Å². The maximum Gasteiger partial charge on any atom is 0.297 e. The maximum absolute atomic E-state index is 12.0. The molecular formula is C17H20O5S. The highest BCUT2D eigenvalue weighted by Gasteiger charge is 2.14. The lowest BCUT2D eigenvalue weighted by atomic mass is 10.2. The van der Waals surface area contributed by atoms with Crippen LogP contribution in [0.2, 0.25) is 0 Å². The highest BCUT2D eigenvalue weighted by molar-refractivity contribution is 7.86. The van der Waals surface area contributed by atoms with Gasteiger partial charge >= 0.3 is 0 Å². The quantitative estimate of drug-likeness (QED) is 0.574. The van der Waals surface area contributed by atoms with Crippen molar-refractivity contribution >= 4 is 10.1 Å². The monoisotopic (exact) mass is 336 g/mol. The summed E-state index contributed by atoms with van der Waals surface area (Å²) in [6, 6.07) is 12.0. The van der Waals surface area contributed by atoms with Gasteiger partial charge in [0.1, 0.15) is 13.2 Å². The third-order valence-corrected chi connectivity index (χ3v) is 4.53. The molecule has 0 radical (unpaired) electrons. The van der Waals surface area contributed by atoms with E-state index in [9.17, 15) is 8.42 Å². The summed E-state index contributed by atoms with van der Waals surface area (Å²) in [6.45, 7) is 3.86. The summed E-state index contributed by atoms with van der Waals surface area (Å²) in [5.41, 5.74) is 2.03. The molecule has 5 nitrogen and oxygen atoms in total. The van der Waals surface area contributed by atoms with Crippen LogP contribution < -0.4 is 9.47 Å². The van der Waals surface area contributed by atoms with Crippen LogP contribution in [0.25, 0.3) is 0 Å². The van der Waals surface area contributed by atoms with E-state index >= 15 is 0 Å². The van der Waals surface area contributed by atoms with Crippen LogP contribution in [0.4, 0.5) is 0 Å². The standard InChI is InChI=1S/C17H20O5S/c1-13-4-7-15(8-5-13)23(18,19)22-11-10-21-16-9-6-14(2)12-17(16)20-3/h4-9,12H,10-11H2,1-3H3. The highest BCUT2D eigenvalue weighted by atomic mass is 32.2. The predicted molar refractivity (Wildman–Crippen MR) is 87.5 cm³/mol. The fraction of sp³-hybridized carbons (Fsp3) is 0.294. The molecule has 124 valence electrons. The van der Waals surface area contributed by atoms with Gasteiger partial charge in [0.2, 0.25) is 0 Å². The molecule has 2 aromatic rings. The minimum absolute atomic E-state index is 0.0762. The highest BCUT2D eigenvalue weighted by Crippen LogP contribution is 2.27. The van der Waals surface area contributed by atoms with Crippen molar-refractivity contribution in [3.05, 3.63) is 53.6 Å². The zero-order valence-electron chi connectivity index (χ0n) is 13.4. The van der Waals surface area contributed by atoms with E-state index in [0.717, 1.165) is 11.1 Å². The first-order valence-corrected chi connectivity index (χ1v) is 8.57. The van der Waals surface area contributed by atoms with Gasteiger partial charge in [-0.05, 0) is 43.7 Å². The van der Waals surface area contributed by atoms with Gasteiger partial charge in [-0.25, -0.2) is 0 Å². The Morgan fingerprint density at radius 3 is 2.17 bits per heavy atom. The summed E-state index contributed by atoms with van der Waals surface area (Å²) in [5.74, 6) is 1.15. The Hall–Kier alpha value is -2.05. The van der Waals surface area contributed by atoms with Gasteiger partial charge in [0.25, 0.3) is 10.1 Å². The predicted octanol–water partition coefficient (Wildman–Crippen LogP) is 3.10. The first-order valence-electron chi connectivity index (χ1n) is 7.16. The molecule has 2 aromatic carbocycles. The van der Waals surface area contributed by atoms with Crippen molar-refractivity contribution < 1.29 is 22.1 Å². The second kappa shape index (κ2) is 7.48. The average Bonchev–Trinajstić information content (AvgIpc) is 2.53. The number of rotatable bonds is 7. The van der Waals surface area contributed by atoms with Crippen LogP contribution >= 0.6 is 0 Å². The Kier molecular flexibility index (Phi) is 5.63. The molecule has 0 heterocycles. The molecule has 0 aliphatic rings. The van der Waals surface area contributed by atoms with Crippen molar-refractivity contribution in [1.82, 2.24) is 0 Å². The lowest BCUT2D eigenvalue weighted by Gasteiger charge is -2.11. The number of methoxy groups -OCH3 is 1. The summed E-state index contributed by atoms with van der Waals surface area (Å²) in [6.07, 6.45) is 0. The van der Waals surface area contributed by atoms with E-state index in [1.807, 2.05) is 26.0 Å². The van der Waals surface area contributed by atoms with Crippen LogP contribution in [0.15, 0.2) is 47.4 Å². The van der Waals surface area contributed by atoms with E-state index in [1.54, 1.807) is 25.3 Å². The molecule has 0 aliphatic carbocycles. The van der Waals surface area contributed by atoms with Crippen LogP contribution in [0.3, 0.4) is 0 Å². The molecule has 0 atom stereocenters. The van der Waals surface area contributed by atoms with E-state index in [0.29, 0.717) is 11.5 Å². The van der Waals surface area contributed by atoms with Gasteiger partial charge in [-0.3, -0.25) is 4.18 Å². The summed E-state index contributed by atoms with van der Waals surface area (Å²) >= 11 is 0. The zero-order chi connectivity index (χ0) is 16.9. The molecule has 0 saturated carbocycles. The average molecular weight is 336 g/mol. The first-order chi connectivity index (χ1) is 10.9. The Morgan fingerprint density at radius 1 is 0.870 bits per heavy atom. The molecule has 0 bridgehead atoms. The molecule has 23 heavy (non-hydrogen) atoms. The number of hydrogen-bond donors (Lipinski definition) is 0. The topological polar surface area (TPSA) is 61.8 Å². The van der Waals surface area contributed by atoms with Crippen molar-refractivity contribution in [2.75, 3.05) is 20.3 Å². The number of aryl methyl sites for hydroxylation is 2. The Labute approximate surface area is 136 Å². The fourth-order valence-electron chi connectivity index (χ4n) is 1.96. The second-order valence-corrected chi connectivity index (χ2v) is 6.71. The van der Waals surface area contributed by atoms with Crippen LogP contribution in [0.5, 0.6) is 11.5 Å². The summed E-state index contributed by atoms with van der Waals surface area (Å²) in [5, 5.41) is 0. The summed E-state index contributed by atoms with van der Waals surface area (Å²) in [7, 11) is -2.21. The molecule has 0 amide bonds. The van der Waals surface area contributed by atoms with Crippen molar-refractivity contribution in [3.8, 4) is 11.5 Å². The number of hydrogen-bond acceptors (Lipinski definition) is 5. The van der Waals surface area contributed by atoms with Crippen molar-refractivity contribution in [2.45, 2.75) is 18.7 Å². The molecule has 0 aliphatic heterocycles. The van der Waals surface area contributed by atoms with E-state index in [1.165, 1.54) is 12.1 Å². The van der Waals surface area contributed by atoms with Gasteiger partial charge in [-0.15, -0.1) is 0 Å². The largest absolute Gasteiger partial charge is 0.493 e. The molecule has 0 spiro atoms. The summed E-state index contributed by atoms with van der Waals surface area (Å²) < 4.78 is 39.8. The molecular weight excluding hydrogens is 316 g/mol. The lowest BCUT2D eigenvalue weighted by Crippen LogP contribution is -2.13. The van der Waals surface area contributed by atoms with Crippen molar-refractivity contribution in [3.63, 3.8) is 0 Å². The normalized spacial score (nSPS) is 11.3. The van der Waals surface area contributed by atoms with Crippen LogP contribution in [-0.2, 0) is 14.3 Å². The second-order valence-electron chi connectivity index (χ2n) is 5.09. The molecule has 2 rings (SSSR count). The SMILES string of the molecule is COc1cc(C)ccc1OCCOS(=O)(=O)c1ccc(C)cc1. The van der Waals surface area contributed by atoms with Gasteiger partial charge in [-0.1, -0.05) is 23.8 Å². The molecule has 6 heteroatoms. The number of ether oxygens (including phenoxy) is 2. The van der Waals surface area contributed by atoms with Crippen molar-refractivity contribution in [1.29, 1.82) is 0 Å². The van der Waals surface area contributed by atoms with Gasteiger partial charge in [0, 0.05) is 0 Å². The molecule has 0 N–H and O–H groups in total. The van der Waals surface area contributed by atoms with E-state index in [-0.39, 0.29) is 18.1 Å². The smallest absolute Gasteiger partial charge is 0.297 e. The fourth-order valence-corrected chi connectivity index (χ4v) is 2.86. The van der Waals surface area contributed by atoms with Crippen LogP contribution in [-0.4, -0.2) is 28.7 Å². The lowest BCUT2D eigenvalue weighted by molar-refractivity contribution is 0.215. The molecule has 0 saturated heterocycles. The first kappa shape index (κ1) is 17.3. The summed E-state index contributed by atoms with van der Waals surface area (Å²) in [4.78, 5) is 0.135. The van der Waals surface area contributed by atoms with Crippen molar-refractivity contribution in [2.24, 2.45) is 0 Å². The minimum atomic E-state index is -3.77. The number of benzene rings is 2. The molecule has 0 unspecified atom stereocenters. The van der Waals surface area contributed by atoms with E-state index in [2.05, 4.69) is 0 Å². The van der Waals surface area contributed by atoms with Crippen LogP contribution in [0, 0.1) is 13.8 Å². The van der Waals surface area contributed by atoms with Crippen LogP contribution in [0.1, 0.15) is 11.1 Å². The maximum atomic E-state index is 12.0. The third kappa shape index (κ3) is 4.71. The van der Waals surface area contributed by atoms with E-state index < -0.39 is 10.1 Å². The minimum Gasteiger partial charge on any atom is -0.493 e.